The van der Waals surface area contributed by atoms with Crippen LogP contribution in [-0.4, -0.2) is 57.8 Å². The van der Waals surface area contributed by atoms with Crippen LogP contribution in [0.5, 0.6) is 0 Å². The number of urea groups is 1. The fraction of sp³-hybridized carbons (Fsp3) is 0.480. The number of hydrazone groups is 1. The monoisotopic (exact) mass is 494 g/mol. The molecule has 168 valence electrons. The number of fused-ring (bicyclic) bond motifs is 1. The normalized spacial score (nSPS) is 20.7. The molecule has 1 aliphatic carbocycles. The topological polar surface area (TPSA) is 58.0 Å². The minimum absolute atomic E-state index is 0.0431. The first kappa shape index (κ1) is 21.7. The van der Waals surface area contributed by atoms with Crippen LogP contribution in [0, 0.1) is 12.8 Å². The van der Waals surface area contributed by atoms with Crippen LogP contribution in [0.1, 0.15) is 56.1 Å². The Balaban J connectivity index is 1.68. The fourth-order valence-electron chi connectivity index (χ4n) is 5.06. The number of hydrogen-bond donors (Lipinski definition) is 0. The number of hydrogen-bond acceptors (Lipinski definition) is 4. The standard InChI is InChI=1S/C25H31AsN4O2/c1-17-7-9-21-22(15-17)29(23-10-8-19(26)16-27-23)25(31)30(20-11-13-32-14-12-20)28-24(21)18-5-3-2-4-6-18/h7-10,15-16,18,20H,2-6,11-14,26H2,1H3. The van der Waals surface area contributed by atoms with Gasteiger partial charge in [-0.25, -0.2) is 0 Å². The Kier molecular flexibility index (Phi) is 6.34. The second-order valence-corrected chi connectivity index (χ2v) is 10.5. The molecule has 7 heteroatoms. The third kappa shape index (κ3) is 4.23. The minimum atomic E-state index is -0.114. The van der Waals surface area contributed by atoms with Gasteiger partial charge in [-0.3, -0.25) is 0 Å². The van der Waals surface area contributed by atoms with Crippen molar-refractivity contribution >= 4 is 44.5 Å². The van der Waals surface area contributed by atoms with Crippen LogP contribution in [-0.2, 0) is 4.74 Å². The molecule has 2 amide bonds. The van der Waals surface area contributed by atoms with Crippen molar-refractivity contribution < 1.29 is 9.53 Å². The summed E-state index contributed by atoms with van der Waals surface area (Å²) < 4.78 is 6.72. The average molecular weight is 494 g/mol. The molecule has 1 atom stereocenters. The number of rotatable bonds is 3. The number of benzene rings is 1. The maximum absolute atomic E-state index is 14.1. The van der Waals surface area contributed by atoms with E-state index in [0.717, 1.165) is 52.6 Å². The Bertz CT molecular complexity index is 1010. The molecule has 1 aromatic carbocycles. The van der Waals surface area contributed by atoms with E-state index in [1.165, 1.54) is 36.1 Å². The van der Waals surface area contributed by atoms with Gasteiger partial charge in [0.2, 0.25) is 0 Å². The molecule has 3 heterocycles. The zero-order chi connectivity index (χ0) is 22.1. The van der Waals surface area contributed by atoms with E-state index in [0.29, 0.717) is 24.9 Å². The van der Waals surface area contributed by atoms with Crippen molar-refractivity contribution in [3.63, 3.8) is 0 Å². The molecule has 1 saturated heterocycles. The quantitative estimate of drug-likeness (QED) is 0.612. The van der Waals surface area contributed by atoms with Gasteiger partial charge in [-0.1, -0.05) is 0 Å². The van der Waals surface area contributed by atoms with Crippen molar-refractivity contribution in [1.29, 1.82) is 0 Å². The number of anilines is 2. The van der Waals surface area contributed by atoms with Gasteiger partial charge in [0.05, 0.1) is 0 Å². The number of carbonyl (C=O) groups is 1. The van der Waals surface area contributed by atoms with Crippen molar-refractivity contribution in [2.24, 2.45) is 11.0 Å². The van der Waals surface area contributed by atoms with E-state index in [2.05, 4.69) is 30.1 Å². The van der Waals surface area contributed by atoms with Crippen molar-refractivity contribution in [2.45, 2.75) is 57.9 Å². The molecular weight excluding hydrogens is 463 g/mol. The van der Waals surface area contributed by atoms with Crippen molar-refractivity contribution in [3.8, 4) is 0 Å². The Hall–Kier alpha value is -2.17. The van der Waals surface area contributed by atoms with Gasteiger partial charge < -0.3 is 0 Å². The van der Waals surface area contributed by atoms with E-state index >= 15 is 0 Å². The van der Waals surface area contributed by atoms with Gasteiger partial charge in [0.1, 0.15) is 0 Å². The summed E-state index contributed by atoms with van der Waals surface area (Å²) >= 11 is 1.53. The van der Waals surface area contributed by atoms with Gasteiger partial charge in [0.25, 0.3) is 0 Å². The number of aromatic nitrogens is 1. The zero-order valence-electron chi connectivity index (χ0n) is 18.7. The summed E-state index contributed by atoms with van der Waals surface area (Å²) in [4.78, 5) is 20.5. The SMILES string of the molecule is Cc1ccc2c(c1)N(c1ccc([AsH2])cn1)C(=O)N(C1CCOCC1)N=C2C1CCCCC1. The molecular formula is C25H31AsN4O2. The van der Waals surface area contributed by atoms with E-state index < -0.39 is 0 Å². The number of amides is 2. The Morgan fingerprint density at radius 3 is 2.53 bits per heavy atom. The first-order valence-electron chi connectivity index (χ1n) is 11.7. The average Bonchev–Trinajstić information content (AvgIpc) is 2.95. The van der Waals surface area contributed by atoms with Gasteiger partial charge in [-0.05, 0) is 0 Å². The van der Waals surface area contributed by atoms with E-state index in [1.807, 2.05) is 18.3 Å². The molecule has 1 aromatic heterocycles. The summed E-state index contributed by atoms with van der Waals surface area (Å²) in [7, 11) is 0. The van der Waals surface area contributed by atoms with Gasteiger partial charge in [-0.2, -0.15) is 0 Å². The Morgan fingerprint density at radius 1 is 1.03 bits per heavy atom. The summed E-state index contributed by atoms with van der Waals surface area (Å²) in [5, 5.41) is 6.90. The molecule has 0 N–H and O–H groups in total. The molecule has 2 fully saturated rings. The number of nitrogens with zero attached hydrogens (tertiary/aromatic N) is 4. The summed E-state index contributed by atoms with van der Waals surface area (Å²) in [5.41, 5.74) is 4.16. The first-order chi connectivity index (χ1) is 15.6. The molecule has 0 radical (unpaired) electrons. The molecule has 32 heavy (non-hydrogen) atoms. The third-order valence-electron chi connectivity index (χ3n) is 6.80. The van der Waals surface area contributed by atoms with Gasteiger partial charge in [-0.15, -0.1) is 0 Å². The second kappa shape index (κ2) is 9.36. The Labute approximate surface area is 198 Å². The van der Waals surface area contributed by atoms with Crippen LogP contribution < -0.4 is 9.25 Å². The number of ether oxygens (including phenoxy) is 1. The van der Waals surface area contributed by atoms with Gasteiger partial charge in [0.15, 0.2) is 0 Å². The predicted octanol–water partition coefficient (Wildman–Crippen LogP) is 3.69. The number of carbonyl (C=O) groups excluding carboxylic acids is 1. The fourth-order valence-corrected chi connectivity index (χ4v) is 5.42. The predicted molar refractivity (Wildman–Crippen MR) is 130 cm³/mol. The van der Waals surface area contributed by atoms with E-state index in [4.69, 9.17) is 9.84 Å². The molecule has 2 aliphatic heterocycles. The van der Waals surface area contributed by atoms with Crippen LogP contribution in [0.3, 0.4) is 0 Å². The van der Waals surface area contributed by atoms with Gasteiger partial charge in [0, 0.05) is 0 Å². The molecule has 2 aromatic rings. The van der Waals surface area contributed by atoms with Crippen LogP contribution in [0.15, 0.2) is 41.6 Å². The zero-order valence-corrected chi connectivity index (χ0v) is 21.1. The van der Waals surface area contributed by atoms with E-state index in [9.17, 15) is 4.79 Å². The first-order valence-corrected chi connectivity index (χ1v) is 12.9. The molecule has 5 rings (SSSR count). The molecule has 1 saturated carbocycles. The van der Waals surface area contributed by atoms with Gasteiger partial charge >= 0.3 is 199 Å². The third-order valence-corrected chi connectivity index (χ3v) is 7.52. The number of pyridine rings is 1. The van der Waals surface area contributed by atoms with E-state index in [1.54, 1.807) is 9.91 Å². The molecule has 0 spiro atoms. The summed E-state index contributed by atoms with van der Waals surface area (Å²) in [6.45, 7) is 3.41. The van der Waals surface area contributed by atoms with Crippen LogP contribution in [0.2, 0.25) is 0 Å². The van der Waals surface area contributed by atoms with Crippen molar-refractivity contribution in [1.82, 2.24) is 9.99 Å². The summed E-state index contributed by atoms with van der Waals surface area (Å²) in [5.74, 6) is 1.04. The Morgan fingerprint density at radius 2 is 1.81 bits per heavy atom. The molecule has 1 unspecified atom stereocenters. The maximum atomic E-state index is 14.1. The summed E-state index contributed by atoms with van der Waals surface area (Å²) in [6.07, 6.45) is 9.46. The second-order valence-electron chi connectivity index (χ2n) is 9.10. The van der Waals surface area contributed by atoms with Crippen LogP contribution in [0.25, 0.3) is 0 Å². The van der Waals surface area contributed by atoms with Crippen LogP contribution in [0.4, 0.5) is 16.3 Å². The van der Waals surface area contributed by atoms with Crippen molar-refractivity contribution in [3.05, 3.63) is 47.7 Å². The molecule has 6 nitrogen and oxygen atoms in total. The molecule has 3 aliphatic rings. The molecule has 0 bridgehead atoms. The van der Waals surface area contributed by atoms with Crippen LogP contribution >= 0.6 is 0 Å². The van der Waals surface area contributed by atoms with E-state index in [-0.39, 0.29) is 12.1 Å². The van der Waals surface area contributed by atoms with Crippen molar-refractivity contribution in [2.75, 3.05) is 18.1 Å². The summed E-state index contributed by atoms with van der Waals surface area (Å²) in [6, 6.07) is 10.3. The number of aryl methyl sites for hydroxylation is 1.